The normalized spacial score (nSPS) is 16.9. The van der Waals surface area contributed by atoms with Crippen LogP contribution < -0.4 is 5.32 Å². The summed E-state index contributed by atoms with van der Waals surface area (Å²) in [5, 5.41) is 3.25. The zero-order valence-electron chi connectivity index (χ0n) is 10.1. The average molecular weight is 213 g/mol. The van der Waals surface area contributed by atoms with Crippen LogP contribution in [0.4, 0.5) is 4.79 Å². The first kappa shape index (κ1) is 12.3. The van der Waals surface area contributed by atoms with Gasteiger partial charge in [0.2, 0.25) is 0 Å². The van der Waals surface area contributed by atoms with Crippen molar-refractivity contribution in [2.75, 3.05) is 39.8 Å². The van der Waals surface area contributed by atoms with Gasteiger partial charge in [0, 0.05) is 39.8 Å². The molecule has 0 aromatic heterocycles. The minimum absolute atomic E-state index is 0.178. The van der Waals surface area contributed by atoms with Gasteiger partial charge in [0.15, 0.2) is 0 Å². The molecule has 1 N–H and O–H groups in total. The van der Waals surface area contributed by atoms with Crippen molar-refractivity contribution in [2.45, 2.75) is 20.3 Å². The summed E-state index contributed by atoms with van der Waals surface area (Å²) in [6.07, 6.45) is 1.08. The maximum absolute atomic E-state index is 11.9. The summed E-state index contributed by atoms with van der Waals surface area (Å²) in [5.41, 5.74) is 0. The number of rotatable bonds is 3. The Hall–Kier alpha value is -0.770. The van der Waals surface area contributed by atoms with Crippen LogP contribution in [0.1, 0.15) is 20.3 Å². The van der Waals surface area contributed by atoms with Crippen LogP contribution in [0.2, 0.25) is 0 Å². The number of urea groups is 1. The van der Waals surface area contributed by atoms with E-state index in [1.54, 1.807) is 0 Å². The SMILES string of the molecule is CC(C)CCN(C)C(=O)N1CCNCC1. The second-order valence-corrected chi connectivity index (χ2v) is 4.62. The summed E-state index contributed by atoms with van der Waals surface area (Å²) in [6.45, 7) is 8.75. The Bertz CT molecular complexity index is 200. The molecule has 4 heteroatoms. The highest BCUT2D eigenvalue weighted by Crippen LogP contribution is 2.04. The van der Waals surface area contributed by atoms with Gasteiger partial charge in [-0.25, -0.2) is 4.79 Å². The van der Waals surface area contributed by atoms with Crippen LogP contribution in [0, 0.1) is 5.92 Å². The fraction of sp³-hybridized carbons (Fsp3) is 0.909. The molecule has 1 aliphatic heterocycles. The zero-order chi connectivity index (χ0) is 11.3. The molecule has 0 unspecified atom stereocenters. The molecule has 0 spiro atoms. The van der Waals surface area contributed by atoms with Crippen LogP contribution in [0.15, 0.2) is 0 Å². The summed E-state index contributed by atoms with van der Waals surface area (Å²) in [6, 6.07) is 0.178. The number of amides is 2. The molecule has 4 nitrogen and oxygen atoms in total. The van der Waals surface area contributed by atoms with Gasteiger partial charge in [-0.2, -0.15) is 0 Å². The first-order valence-electron chi connectivity index (χ1n) is 5.82. The smallest absolute Gasteiger partial charge is 0.319 e. The predicted octanol–water partition coefficient (Wildman–Crippen LogP) is 0.990. The van der Waals surface area contributed by atoms with E-state index in [4.69, 9.17) is 0 Å². The third-order valence-electron chi connectivity index (χ3n) is 2.76. The Labute approximate surface area is 92.6 Å². The second-order valence-electron chi connectivity index (χ2n) is 4.62. The van der Waals surface area contributed by atoms with E-state index in [-0.39, 0.29) is 6.03 Å². The molecule has 0 radical (unpaired) electrons. The third kappa shape index (κ3) is 4.08. The fourth-order valence-electron chi connectivity index (χ4n) is 1.65. The standard InChI is InChI=1S/C11H23N3O/c1-10(2)4-7-13(3)11(15)14-8-5-12-6-9-14/h10,12H,4-9H2,1-3H3. The second kappa shape index (κ2) is 5.95. The highest BCUT2D eigenvalue weighted by molar-refractivity contribution is 5.74. The van der Waals surface area contributed by atoms with Crippen molar-refractivity contribution in [1.29, 1.82) is 0 Å². The van der Waals surface area contributed by atoms with E-state index in [1.165, 1.54) is 0 Å². The lowest BCUT2D eigenvalue weighted by Crippen LogP contribution is -2.50. The number of hydrogen-bond donors (Lipinski definition) is 1. The van der Waals surface area contributed by atoms with Gasteiger partial charge in [-0.1, -0.05) is 13.8 Å². The minimum Gasteiger partial charge on any atom is -0.328 e. The van der Waals surface area contributed by atoms with Gasteiger partial charge >= 0.3 is 6.03 Å². The average Bonchev–Trinajstić information content (AvgIpc) is 2.26. The molecule has 0 aromatic rings. The number of carbonyl (C=O) groups is 1. The molecule has 1 heterocycles. The molecule has 1 aliphatic rings. The molecule has 0 bridgehead atoms. The third-order valence-corrected chi connectivity index (χ3v) is 2.76. The van der Waals surface area contributed by atoms with Crippen LogP contribution in [0.5, 0.6) is 0 Å². The van der Waals surface area contributed by atoms with Crippen molar-refractivity contribution in [2.24, 2.45) is 5.92 Å². The van der Waals surface area contributed by atoms with Crippen molar-refractivity contribution in [1.82, 2.24) is 15.1 Å². The van der Waals surface area contributed by atoms with Crippen LogP contribution in [-0.2, 0) is 0 Å². The molecule has 0 atom stereocenters. The first-order chi connectivity index (χ1) is 7.11. The summed E-state index contributed by atoms with van der Waals surface area (Å²) < 4.78 is 0. The van der Waals surface area contributed by atoms with E-state index in [9.17, 15) is 4.79 Å². The summed E-state index contributed by atoms with van der Waals surface area (Å²) in [5.74, 6) is 0.656. The summed E-state index contributed by atoms with van der Waals surface area (Å²) >= 11 is 0. The predicted molar refractivity (Wildman–Crippen MR) is 61.9 cm³/mol. The van der Waals surface area contributed by atoms with Gasteiger partial charge < -0.3 is 15.1 Å². The Morgan fingerprint density at radius 3 is 2.53 bits per heavy atom. The number of hydrogen-bond acceptors (Lipinski definition) is 2. The molecule has 0 aliphatic carbocycles. The molecular formula is C11H23N3O. The Morgan fingerprint density at radius 2 is 2.00 bits per heavy atom. The van der Waals surface area contributed by atoms with E-state index in [2.05, 4.69) is 19.2 Å². The molecular weight excluding hydrogens is 190 g/mol. The van der Waals surface area contributed by atoms with Crippen LogP contribution in [0.3, 0.4) is 0 Å². The van der Waals surface area contributed by atoms with Crippen molar-refractivity contribution < 1.29 is 4.79 Å². The highest BCUT2D eigenvalue weighted by Gasteiger charge is 2.19. The van der Waals surface area contributed by atoms with Gasteiger partial charge in [-0.05, 0) is 12.3 Å². The Kier molecular flexibility index (Phi) is 4.88. The largest absolute Gasteiger partial charge is 0.328 e. The molecule has 1 rings (SSSR count). The van der Waals surface area contributed by atoms with E-state index in [0.29, 0.717) is 5.92 Å². The molecule has 1 saturated heterocycles. The molecule has 0 aromatic carbocycles. The number of carbonyl (C=O) groups excluding carboxylic acids is 1. The van der Waals surface area contributed by atoms with Gasteiger partial charge in [-0.3, -0.25) is 0 Å². The van der Waals surface area contributed by atoms with Crippen molar-refractivity contribution in [3.05, 3.63) is 0 Å². The lowest BCUT2D eigenvalue weighted by atomic mass is 10.1. The zero-order valence-corrected chi connectivity index (χ0v) is 10.1. The maximum Gasteiger partial charge on any atom is 0.319 e. The fourth-order valence-corrected chi connectivity index (χ4v) is 1.65. The molecule has 88 valence electrons. The summed E-state index contributed by atoms with van der Waals surface area (Å²) in [4.78, 5) is 15.7. The van der Waals surface area contributed by atoms with Crippen molar-refractivity contribution >= 4 is 6.03 Å². The molecule has 0 saturated carbocycles. The van der Waals surface area contributed by atoms with Gasteiger partial charge in [0.1, 0.15) is 0 Å². The van der Waals surface area contributed by atoms with Crippen molar-refractivity contribution in [3.8, 4) is 0 Å². The Balaban J connectivity index is 2.30. The van der Waals surface area contributed by atoms with E-state index < -0.39 is 0 Å². The van der Waals surface area contributed by atoms with Crippen LogP contribution in [0.25, 0.3) is 0 Å². The first-order valence-corrected chi connectivity index (χ1v) is 5.82. The van der Waals surface area contributed by atoms with E-state index >= 15 is 0 Å². The van der Waals surface area contributed by atoms with Crippen LogP contribution >= 0.6 is 0 Å². The van der Waals surface area contributed by atoms with Crippen LogP contribution in [-0.4, -0.2) is 55.6 Å². The number of nitrogens with zero attached hydrogens (tertiary/aromatic N) is 2. The number of piperazine rings is 1. The maximum atomic E-state index is 11.9. The van der Waals surface area contributed by atoms with E-state index in [0.717, 1.165) is 39.1 Å². The van der Waals surface area contributed by atoms with Gasteiger partial charge in [0.25, 0.3) is 0 Å². The van der Waals surface area contributed by atoms with E-state index in [1.807, 2.05) is 16.8 Å². The highest BCUT2D eigenvalue weighted by atomic mass is 16.2. The lowest BCUT2D eigenvalue weighted by Gasteiger charge is -2.31. The lowest BCUT2D eigenvalue weighted by molar-refractivity contribution is 0.154. The van der Waals surface area contributed by atoms with Crippen molar-refractivity contribution in [3.63, 3.8) is 0 Å². The number of nitrogens with one attached hydrogen (secondary N) is 1. The quantitative estimate of drug-likeness (QED) is 0.759. The monoisotopic (exact) mass is 213 g/mol. The molecule has 15 heavy (non-hydrogen) atoms. The summed E-state index contributed by atoms with van der Waals surface area (Å²) in [7, 11) is 1.90. The topological polar surface area (TPSA) is 35.6 Å². The molecule has 1 fully saturated rings. The Morgan fingerprint density at radius 1 is 1.40 bits per heavy atom. The van der Waals surface area contributed by atoms with Gasteiger partial charge in [0.05, 0.1) is 0 Å². The molecule has 2 amide bonds. The minimum atomic E-state index is 0.178. The van der Waals surface area contributed by atoms with Gasteiger partial charge in [-0.15, -0.1) is 0 Å².